The molecule has 0 unspecified atom stereocenters. The average Bonchev–Trinajstić information content (AvgIpc) is 2.85. The Hall–Kier alpha value is -1.71. The normalized spacial score (nSPS) is 12.4. The summed E-state index contributed by atoms with van der Waals surface area (Å²) in [5, 5.41) is 9.06. The predicted molar refractivity (Wildman–Crippen MR) is 83.6 cm³/mol. The Kier molecular flexibility index (Phi) is 4.99. The standard InChI is InChI=1S/C13H17N3O4S2/c14-22(19,20)10-4-9-21(17,18)11-12-7-8-16(15-12)13-5-2-1-3-6-13/h1-3,5-8H,4,9-11H2,(H2,14,19,20). The van der Waals surface area contributed by atoms with Crippen molar-refractivity contribution >= 4 is 19.9 Å². The van der Waals surface area contributed by atoms with Crippen LogP contribution < -0.4 is 5.14 Å². The first kappa shape index (κ1) is 16.7. The van der Waals surface area contributed by atoms with Gasteiger partial charge in [-0.15, -0.1) is 0 Å². The number of nitrogens with two attached hydrogens (primary N) is 1. The Morgan fingerprint density at radius 1 is 1.00 bits per heavy atom. The highest BCUT2D eigenvalue weighted by molar-refractivity contribution is 7.91. The quantitative estimate of drug-likeness (QED) is 0.785. The van der Waals surface area contributed by atoms with Gasteiger partial charge in [0.2, 0.25) is 10.0 Å². The van der Waals surface area contributed by atoms with Crippen LogP contribution >= 0.6 is 0 Å². The van der Waals surface area contributed by atoms with Crippen LogP contribution in [0.2, 0.25) is 0 Å². The summed E-state index contributed by atoms with van der Waals surface area (Å²) >= 11 is 0. The van der Waals surface area contributed by atoms with Crippen molar-refractivity contribution in [3.8, 4) is 5.69 Å². The van der Waals surface area contributed by atoms with Crippen molar-refractivity contribution in [3.63, 3.8) is 0 Å². The molecule has 0 aliphatic rings. The van der Waals surface area contributed by atoms with E-state index in [1.165, 1.54) is 0 Å². The molecule has 22 heavy (non-hydrogen) atoms. The molecule has 1 heterocycles. The molecule has 0 radical (unpaired) electrons. The Balaban J connectivity index is 2.00. The molecule has 0 saturated heterocycles. The zero-order valence-electron chi connectivity index (χ0n) is 11.8. The van der Waals surface area contributed by atoms with E-state index in [1.54, 1.807) is 16.9 Å². The van der Waals surface area contributed by atoms with Gasteiger partial charge in [0.25, 0.3) is 0 Å². The van der Waals surface area contributed by atoms with Gasteiger partial charge in [-0.3, -0.25) is 0 Å². The SMILES string of the molecule is NS(=O)(=O)CCCS(=O)(=O)Cc1ccn(-c2ccccc2)n1. The Morgan fingerprint density at radius 3 is 2.32 bits per heavy atom. The number of aromatic nitrogens is 2. The van der Waals surface area contributed by atoms with E-state index < -0.39 is 19.9 Å². The van der Waals surface area contributed by atoms with Gasteiger partial charge in [-0.2, -0.15) is 5.10 Å². The topological polar surface area (TPSA) is 112 Å². The highest BCUT2D eigenvalue weighted by Gasteiger charge is 2.15. The monoisotopic (exact) mass is 343 g/mol. The molecular formula is C13H17N3O4S2. The number of para-hydroxylation sites is 1. The lowest BCUT2D eigenvalue weighted by Gasteiger charge is -2.02. The summed E-state index contributed by atoms with van der Waals surface area (Å²) in [5.41, 5.74) is 1.25. The van der Waals surface area contributed by atoms with E-state index in [-0.39, 0.29) is 23.7 Å². The smallest absolute Gasteiger partial charge is 0.209 e. The maximum atomic E-state index is 11.9. The minimum atomic E-state index is -3.64. The van der Waals surface area contributed by atoms with Gasteiger partial charge in [-0.1, -0.05) is 18.2 Å². The Bertz CT molecular complexity index is 827. The summed E-state index contributed by atoms with van der Waals surface area (Å²) in [4.78, 5) is 0. The summed E-state index contributed by atoms with van der Waals surface area (Å²) in [5.74, 6) is -0.802. The van der Waals surface area contributed by atoms with Crippen molar-refractivity contribution in [1.82, 2.24) is 9.78 Å². The largest absolute Gasteiger partial charge is 0.241 e. The highest BCUT2D eigenvalue weighted by atomic mass is 32.2. The zero-order chi connectivity index (χ0) is 16.2. The molecule has 0 amide bonds. The number of rotatable bonds is 7. The van der Waals surface area contributed by atoms with Crippen LogP contribution in [0.3, 0.4) is 0 Å². The summed E-state index contributed by atoms with van der Waals surface area (Å²) < 4.78 is 47.1. The number of sulfone groups is 1. The maximum absolute atomic E-state index is 11.9. The molecule has 0 saturated carbocycles. The molecule has 2 N–H and O–H groups in total. The maximum Gasteiger partial charge on any atom is 0.209 e. The molecule has 0 aliphatic carbocycles. The molecule has 120 valence electrons. The van der Waals surface area contributed by atoms with Crippen LogP contribution in [-0.4, -0.2) is 38.1 Å². The van der Waals surface area contributed by atoms with E-state index in [2.05, 4.69) is 5.10 Å². The van der Waals surface area contributed by atoms with Crippen molar-refractivity contribution in [2.45, 2.75) is 12.2 Å². The number of sulfonamides is 1. The Labute approximate surface area is 129 Å². The van der Waals surface area contributed by atoms with E-state index >= 15 is 0 Å². The fourth-order valence-electron chi connectivity index (χ4n) is 1.94. The average molecular weight is 343 g/mol. The van der Waals surface area contributed by atoms with Crippen LogP contribution in [0.25, 0.3) is 5.69 Å². The zero-order valence-corrected chi connectivity index (χ0v) is 13.4. The van der Waals surface area contributed by atoms with Crippen LogP contribution in [0.5, 0.6) is 0 Å². The predicted octanol–water partition coefficient (Wildman–Crippen LogP) is 0.466. The second-order valence-corrected chi connectivity index (χ2v) is 8.82. The van der Waals surface area contributed by atoms with Crippen molar-refractivity contribution in [3.05, 3.63) is 48.3 Å². The highest BCUT2D eigenvalue weighted by Crippen LogP contribution is 2.10. The third kappa shape index (κ3) is 5.24. The van der Waals surface area contributed by atoms with E-state index in [0.29, 0.717) is 5.69 Å². The molecule has 0 atom stereocenters. The lowest BCUT2D eigenvalue weighted by molar-refractivity contribution is 0.589. The number of primary sulfonamides is 1. The van der Waals surface area contributed by atoms with E-state index in [0.717, 1.165) is 5.69 Å². The van der Waals surface area contributed by atoms with E-state index in [1.807, 2.05) is 30.3 Å². The van der Waals surface area contributed by atoms with E-state index in [9.17, 15) is 16.8 Å². The summed E-state index contributed by atoms with van der Waals surface area (Å²) in [6.45, 7) is 0. The third-order valence-electron chi connectivity index (χ3n) is 2.92. The van der Waals surface area contributed by atoms with Gasteiger partial charge in [-0.05, 0) is 24.6 Å². The molecular weight excluding hydrogens is 326 g/mol. The van der Waals surface area contributed by atoms with Crippen LogP contribution in [0.15, 0.2) is 42.6 Å². The number of benzene rings is 1. The van der Waals surface area contributed by atoms with Gasteiger partial charge in [0.1, 0.15) is 0 Å². The van der Waals surface area contributed by atoms with Crippen molar-refractivity contribution in [1.29, 1.82) is 0 Å². The molecule has 0 bridgehead atoms. The van der Waals surface area contributed by atoms with Crippen LogP contribution in [-0.2, 0) is 25.6 Å². The second kappa shape index (κ2) is 6.59. The molecule has 0 spiro atoms. The first-order valence-corrected chi connectivity index (χ1v) is 10.1. The molecule has 2 aromatic rings. The molecule has 0 fully saturated rings. The molecule has 1 aromatic heterocycles. The van der Waals surface area contributed by atoms with Crippen LogP contribution in [0, 0.1) is 0 Å². The van der Waals surface area contributed by atoms with Crippen LogP contribution in [0.1, 0.15) is 12.1 Å². The lowest BCUT2D eigenvalue weighted by atomic mass is 10.3. The van der Waals surface area contributed by atoms with Gasteiger partial charge >= 0.3 is 0 Å². The molecule has 7 nitrogen and oxygen atoms in total. The third-order valence-corrected chi connectivity index (χ3v) is 5.42. The van der Waals surface area contributed by atoms with Crippen molar-refractivity contribution < 1.29 is 16.8 Å². The summed E-state index contributed by atoms with van der Waals surface area (Å²) in [7, 11) is -7.06. The lowest BCUT2D eigenvalue weighted by Crippen LogP contribution is -2.19. The van der Waals surface area contributed by atoms with Gasteiger partial charge < -0.3 is 0 Å². The summed E-state index contributed by atoms with van der Waals surface area (Å²) in [6, 6.07) is 10.9. The summed E-state index contributed by atoms with van der Waals surface area (Å²) in [6.07, 6.45) is 1.67. The molecule has 2 rings (SSSR count). The van der Waals surface area contributed by atoms with Gasteiger partial charge in [-0.25, -0.2) is 26.7 Å². The first-order valence-electron chi connectivity index (χ1n) is 6.56. The molecule has 0 aliphatic heterocycles. The minimum absolute atomic E-state index is 0.0133. The molecule has 1 aromatic carbocycles. The minimum Gasteiger partial charge on any atom is -0.241 e. The fourth-order valence-corrected chi connectivity index (χ4v) is 4.00. The van der Waals surface area contributed by atoms with Gasteiger partial charge in [0.05, 0.1) is 28.6 Å². The van der Waals surface area contributed by atoms with Gasteiger partial charge in [0, 0.05) is 6.20 Å². The molecule has 9 heteroatoms. The van der Waals surface area contributed by atoms with Crippen LogP contribution in [0.4, 0.5) is 0 Å². The fraction of sp³-hybridized carbons (Fsp3) is 0.308. The van der Waals surface area contributed by atoms with E-state index in [4.69, 9.17) is 5.14 Å². The number of hydrogen-bond acceptors (Lipinski definition) is 5. The first-order chi connectivity index (χ1) is 10.3. The number of hydrogen-bond donors (Lipinski definition) is 1. The van der Waals surface area contributed by atoms with Crippen molar-refractivity contribution in [2.75, 3.05) is 11.5 Å². The van der Waals surface area contributed by atoms with Crippen molar-refractivity contribution in [2.24, 2.45) is 5.14 Å². The van der Waals surface area contributed by atoms with Gasteiger partial charge in [0.15, 0.2) is 9.84 Å². The Morgan fingerprint density at radius 2 is 1.68 bits per heavy atom. The number of nitrogens with zero attached hydrogens (tertiary/aromatic N) is 2. The second-order valence-electron chi connectivity index (χ2n) is 4.90.